The Kier molecular flexibility index (Phi) is 5.67. The summed E-state index contributed by atoms with van der Waals surface area (Å²) in [6.45, 7) is 7.04. The predicted octanol–water partition coefficient (Wildman–Crippen LogP) is 10.2. The van der Waals surface area contributed by atoms with Crippen LogP contribution >= 0.6 is 0 Å². The molecule has 0 spiro atoms. The third-order valence-corrected chi connectivity index (χ3v) is 11.0. The van der Waals surface area contributed by atoms with Crippen molar-refractivity contribution < 1.29 is 0 Å². The molecule has 0 aromatic heterocycles. The second kappa shape index (κ2) is 9.20. The smallest absolute Gasteiger partial charge is 0.00988 e. The zero-order valence-electron chi connectivity index (χ0n) is 24.4. The Morgan fingerprint density at radius 1 is 0.650 bits per heavy atom. The molecule has 8 aliphatic carbocycles. The third kappa shape index (κ3) is 4.01. The van der Waals surface area contributed by atoms with Crippen molar-refractivity contribution in [2.24, 2.45) is 40.9 Å². The number of rotatable bonds is 2. The number of hydrogen-bond donors (Lipinski definition) is 0. The van der Waals surface area contributed by atoms with Crippen LogP contribution in [0.2, 0.25) is 0 Å². The van der Waals surface area contributed by atoms with Crippen molar-refractivity contribution in [1.29, 1.82) is 0 Å². The van der Waals surface area contributed by atoms with Crippen LogP contribution in [-0.2, 0) is 0 Å². The van der Waals surface area contributed by atoms with E-state index in [0.717, 1.165) is 0 Å². The Balaban J connectivity index is 1.07. The second-order valence-electron chi connectivity index (χ2n) is 14.3. The van der Waals surface area contributed by atoms with Crippen molar-refractivity contribution in [3.8, 4) is 0 Å². The monoisotopic (exact) mass is 522 g/mol. The molecule has 0 aromatic carbocycles. The first-order valence-electron chi connectivity index (χ1n) is 15.8. The van der Waals surface area contributed by atoms with Gasteiger partial charge in [-0.3, -0.25) is 0 Å². The molecular formula is C40H42. The summed E-state index contributed by atoms with van der Waals surface area (Å²) in [6, 6.07) is 0. The first-order valence-corrected chi connectivity index (χ1v) is 15.8. The fraction of sp³-hybridized carbons (Fsp3) is 0.400. The quantitative estimate of drug-likeness (QED) is 0.338. The topological polar surface area (TPSA) is 0 Å². The lowest BCUT2D eigenvalue weighted by Crippen LogP contribution is -2.38. The van der Waals surface area contributed by atoms with Gasteiger partial charge in [0.1, 0.15) is 0 Å². The van der Waals surface area contributed by atoms with Crippen molar-refractivity contribution in [3.05, 3.63) is 141 Å². The van der Waals surface area contributed by atoms with E-state index < -0.39 is 0 Å². The minimum absolute atomic E-state index is 0.189. The molecule has 0 heteroatoms. The van der Waals surface area contributed by atoms with E-state index in [1.54, 1.807) is 39.0 Å². The van der Waals surface area contributed by atoms with Gasteiger partial charge in [0.15, 0.2) is 0 Å². The number of allylic oxidation sites excluding steroid dienone is 24. The van der Waals surface area contributed by atoms with Gasteiger partial charge in [0.25, 0.3) is 0 Å². The molecule has 202 valence electrons. The highest BCUT2D eigenvalue weighted by molar-refractivity contribution is 5.57. The third-order valence-electron chi connectivity index (χ3n) is 11.0. The van der Waals surface area contributed by atoms with Crippen LogP contribution in [0.5, 0.6) is 0 Å². The van der Waals surface area contributed by atoms with Crippen LogP contribution in [0.3, 0.4) is 0 Å². The zero-order valence-corrected chi connectivity index (χ0v) is 24.4. The molecule has 0 bridgehead atoms. The van der Waals surface area contributed by atoms with Gasteiger partial charge in [-0.1, -0.05) is 112 Å². The molecule has 0 N–H and O–H groups in total. The van der Waals surface area contributed by atoms with Crippen LogP contribution < -0.4 is 0 Å². The maximum Gasteiger partial charge on any atom is 0.00988 e. The summed E-state index contributed by atoms with van der Waals surface area (Å²) >= 11 is 0. The summed E-state index contributed by atoms with van der Waals surface area (Å²) in [5, 5.41) is 0. The van der Waals surface area contributed by atoms with Gasteiger partial charge in [0, 0.05) is 23.7 Å². The van der Waals surface area contributed by atoms with Crippen molar-refractivity contribution in [3.63, 3.8) is 0 Å². The highest BCUT2D eigenvalue weighted by Gasteiger charge is 2.45. The molecule has 0 amide bonds. The molecule has 8 aliphatic rings. The van der Waals surface area contributed by atoms with Crippen LogP contribution in [-0.4, -0.2) is 0 Å². The summed E-state index contributed by atoms with van der Waals surface area (Å²) in [6.07, 6.45) is 44.5. The SMILES string of the molecule is CC(C)(C)C1=CC2C=CC3=CC=C(C4=CC5=C(C=CC(C6C=CC7=C(C=CCC7)C6)C5)CC4)C4C=CC(=C1)C2C34. The van der Waals surface area contributed by atoms with Crippen molar-refractivity contribution in [1.82, 2.24) is 0 Å². The van der Waals surface area contributed by atoms with E-state index >= 15 is 0 Å². The van der Waals surface area contributed by atoms with Gasteiger partial charge >= 0.3 is 0 Å². The average molecular weight is 523 g/mol. The first-order chi connectivity index (χ1) is 19.4. The molecular weight excluding hydrogens is 480 g/mol. The van der Waals surface area contributed by atoms with Crippen LogP contribution in [0.1, 0.15) is 59.3 Å². The fourth-order valence-electron chi connectivity index (χ4n) is 8.74. The molecule has 0 heterocycles. The summed E-state index contributed by atoms with van der Waals surface area (Å²) in [4.78, 5) is 0. The largest absolute Gasteiger partial charge is 0.0839 e. The molecule has 6 unspecified atom stereocenters. The lowest BCUT2D eigenvalue weighted by atomic mass is 9.56. The Morgan fingerprint density at radius 3 is 2.25 bits per heavy atom. The van der Waals surface area contributed by atoms with E-state index in [2.05, 4.69) is 112 Å². The molecule has 0 aromatic rings. The van der Waals surface area contributed by atoms with E-state index in [1.165, 1.54) is 49.7 Å². The first kappa shape index (κ1) is 24.7. The van der Waals surface area contributed by atoms with Gasteiger partial charge < -0.3 is 0 Å². The van der Waals surface area contributed by atoms with Crippen molar-refractivity contribution in [2.45, 2.75) is 59.3 Å². The number of hydrogen-bond acceptors (Lipinski definition) is 0. The summed E-state index contributed by atoms with van der Waals surface area (Å²) in [5.41, 5.74) is 14.3. The maximum atomic E-state index is 2.62. The van der Waals surface area contributed by atoms with Gasteiger partial charge in [-0.2, -0.15) is 0 Å². The summed E-state index contributed by atoms with van der Waals surface area (Å²) in [5.74, 6) is 3.39. The van der Waals surface area contributed by atoms with E-state index in [4.69, 9.17) is 0 Å². The summed E-state index contributed by atoms with van der Waals surface area (Å²) < 4.78 is 0. The van der Waals surface area contributed by atoms with E-state index in [-0.39, 0.29) is 5.41 Å². The predicted molar refractivity (Wildman–Crippen MR) is 168 cm³/mol. The molecule has 0 radical (unpaired) electrons. The lowest BCUT2D eigenvalue weighted by Gasteiger charge is -2.47. The average Bonchev–Trinajstić information content (AvgIpc) is 2.98. The van der Waals surface area contributed by atoms with Crippen LogP contribution in [0.25, 0.3) is 0 Å². The standard InChI is InChI=1S/C40H42/c1-40(2,3)35-23-32-15-11-27-16-18-36(37-19-17-33(24-35)38(32)39(27)37)31-14-10-26-9-13-30(21-34(26)22-31)29-12-8-25-6-4-5-7-28(25)20-29/h5,7-9,11-13,15-19,22-24,29-30,32,37-39H,4,6,10,14,20-21H2,1-3H3. The van der Waals surface area contributed by atoms with Crippen LogP contribution in [0.4, 0.5) is 0 Å². The van der Waals surface area contributed by atoms with Gasteiger partial charge in [0.2, 0.25) is 0 Å². The molecule has 6 atom stereocenters. The Morgan fingerprint density at radius 2 is 1.43 bits per heavy atom. The van der Waals surface area contributed by atoms with Gasteiger partial charge in [0.05, 0.1) is 0 Å². The molecule has 8 rings (SSSR count). The maximum absolute atomic E-state index is 2.62. The van der Waals surface area contributed by atoms with Crippen molar-refractivity contribution >= 4 is 0 Å². The minimum Gasteiger partial charge on any atom is -0.0839 e. The van der Waals surface area contributed by atoms with E-state index in [9.17, 15) is 0 Å². The van der Waals surface area contributed by atoms with Gasteiger partial charge in [-0.15, -0.1) is 0 Å². The molecule has 0 saturated carbocycles. The lowest BCUT2D eigenvalue weighted by molar-refractivity contribution is 0.310. The zero-order chi connectivity index (χ0) is 27.0. The Bertz CT molecular complexity index is 1530. The van der Waals surface area contributed by atoms with Crippen LogP contribution in [0.15, 0.2) is 141 Å². The van der Waals surface area contributed by atoms with Crippen LogP contribution in [0, 0.1) is 40.9 Å². The van der Waals surface area contributed by atoms with Crippen molar-refractivity contribution in [2.75, 3.05) is 0 Å². The molecule has 0 nitrogen and oxygen atoms in total. The highest BCUT2D eigenvalue weighted by atomic mass is 14.5. The van der Waals surface area contributed by atoms with E-state index in [0.29, 0.717) is 35.5 Å². The Hall–Kier alpha value is -3.12. The summed E-state index contributed by atoms with van der Waals surface area (Å²) in [7, 11) is 0. The van der Waals surface area contributed by atoms with E-state index in [1.807, 2.05) is 0 Å². The highest BCUT2D eigenvalue weighted by Crippen LogP contribution is 2.55. The molecule has 0 aliphatic heterocycles. The van der Waals surface area contributed by atoms with Gasteiger partial charge in [-0.25, -0.2) is 0 Å². The van der Waals surface area contributed by atoms with Gasteiger partial charge in [-0.05, 0) is 106 Å². The second-order valence-corrected chi connectivity index (χ2v) is 14.3. The Labute approximate surface area is 241 Å². The fourth-order valence-corrected chi connectivity index (χ4v) is 8.74. The molecule has 0 saturated heterocycles. The normalized spacial score (nSPS) is 35.3. The molecule has 0 fully saturated rings. The molecule has 40 heavy (non-hydrogen) atoms. The minimum atomic E-state index is 0.189.